The Bertz CT molecular complexity index is 1910. The standard InChI is InChI=1S/C36H26Br2FN3O3S/c37-26-14-7-9-23(19-26)20-32(42-34(43)25-12-5-2-6-13-25)35(44)40-28-15-8-16-29(22-28)46-33(24-10-3-1-4-11-24)36(45)41-31-18-17-27(38)21-30(31)39/h1-22,33H,(H,40,44)(H,41,45)(H,42,43)/b32-20+. The topological polar surface area (TPSA) is 87.3 Å². The number of nitrogens with one attached hydrogen (secondary N) is 3. The first kappa shape index (κ1) is 32.9. The van der Waals surface area contributed by atoms with E-state index in [0.29, 0.717) is 26.2 Å². The number of benzene rings is 5. The van der Waals surface area contributed by atoms with Crippen molar-refractivity contribution in [3.8, 4) is 0 Å². The number of carbonyl (C=O) groups excluding carboxylic acids is 3. The molecule has 5 rings (SSSR count). The minimum Gasteiger partial charge on any atom is -0.322 e. The van der Waals surface area contributed by atoms with E-state index in [9.17, 15) is 18.8 Å². The molecule has 0 bridgehead atoms. The predicted molar refractivity (Wildman–Crippen MR) is 189 cm³/mol. The van der Waals surface area contributed by atoms with Gasteiger partial charge in [0.15, 0.2) is 0 Å². The van der Waals surface area contributed by atoms with Crippen LogP contribution in [0.25, 0.3) is 6.08 Å². The molecule has 230 valence electrons. The van der Waals surface area contributed by atoms with Gasteiger partial charge in [-0.25, -0.2) is 4.39 Å². The van der Waals surface area contributed by atoms with E-state index in [-0.39, 0.29) is 11.4 Å². The summed E-state index contributed by atoms with van der Waals surface area (Å²) in [5, 5.41) is 7.58. The summed E-state index contributed by atoms with van der Waals surface area (Å²) in [7, 11) is 0. The first-order valence-corrected chi connectivity index (χ1v) is 16.4. The molecule has 0 saturated heterocycles. The van der Waals surface area contributed by atoms with Gasteiger partial charge in [-0.15, -0.1) is 11.8 Å². The lowest BCUT2D eigenvalue weighted by Gasteiger charge is -2.18. The van der Waals surface area contributed by atoms with Crippen LogP contribution in [0.2, 0.25) is 0 Å². The highest BCUT2D eigenvalue weighted by Gasteiger charge is 2.24. The van der Waals surface area contributed by atoms with Gasteiger partial charge in [-0.2, -0.15) is 0 Å². The maximum atomic E-state index is 14.6. The maximum Gasteiger partial charge on any atom is 0.272 e. The molecular formula is C36H26Br2FN3O3S. The van der Waals surface area contributed by atoms with Gasteiger partial charge >= 0.3 is 0 Å². The summed E-state index contributed by atoms with van der Waals surface area (Å²) in [6.07, 6.45) is 1.59. The van der Waals surface area contributed by atoms with Crippen molar-refractivity contribution in [1.82, 2.24) is 5.32 Å². The van der Waals surface area contributed by atoms with Gasteiger partial charge in [0, 0.05) is 25.1 Å². The van der Waals surface area contributed by atoms with Crippen LogP contribution in [0, 0.1) is 5.82 Å². The second kappa shape index (κ2) is 15.7. The van der Waals surface area contributed by atoms with E-state index in [1.165, 1.54) is 23.9 Å². The van der Waals surface area contributed by atoms with Gasteiger partial charge in [-0.1, -0.05) is 98.6 Å². The second-order valence-electron chi connectivity index (χ2n) is 9.94. The Morgan fingerprint density at radius 1 is 0.717 bits per heavy atom. The molecule has 46 heavy (non-hydrogen) atoms. The lowest BCUT2D eigenvalue weighted by molar-refractivity contribution is -0.116. The Kier molecular flexibility index (Phi) is 11.2. The Morgan fingerprint density at radius 2 is 1.41 bits per heavy atom. The van der Waals surface area contributed by atoms with Crippen molar-refractivity contribution in [2.45, 2.75) is 10.1 Å². The van der Waals surface area contributed by atoms with Crippen LogP contribution in [-0.2, 0) is 9.59 Å². The smallest absolute Gasteiger partial charge is 0.272 e. The minimum atomic E-state index is -0.729. The fourth-order valence-electron chi connectivity index (χ4n) is 4.38. The summed E-state index contributed by atoms with van der Waals surface area (Å²) in [5.41, 5.74) is 2.40. The van der Waals surface area contributed by atoms with Crippen molar-refractivity contribution in [2.24, 2.45) is 0 Å². The number of hydrogen-bond acceptors (Lipinski definition) is 4. The molecule has 6 nitrogen and oxygen atoms in total. The van der Waals surface area contributed by atoms with Gasteiger partial charge in [0.05, 0.1) is 5.69 Å². The highest BCUT2D eigenvalue weighted by Crippen LogP contribution is 2.37. The zero-order valence-corrected chi connectivity index (χ0v) is 28.0. The summed E-state index contributed by atoms with van der Waals surface area (Å²) in [5.74, 6) is -1.93. The van der Waals surface area contributed by atoms with Gasteiger partial charge in [-0.3, -0.25) is 14.4 Å². The Labute approximate surface area is 286 Å². The third kappa shape index (κ3) is 9.03. The largest absolute Gasteiger partial charge is 0.322 e. The first-order chi connectivity index (χ1) is 22.2. The van der Waals surface area contributed by atoms with E-state index in [1.54, 1.807) is 60.7 Å². The molecule has 0 aliphatic rings. The first-order valence-electron chi connectivity index (χ1n) is 14.0. The molecule has 0 saturated carbocycles. The third-order valence-corrected chi connectivity index (χ3v) is 8.80. The van der Waals surface area contributed by atoms with Crippen LogP contribution in [0.3, 0.4) is 0 Å². The monoisotopic (exact) mass is 757 g/mol. The second-order valence-corrected chi connectivity index (χ2v) is 12.9. The number of thioether (sulfide) groups is 1. The van der Waals surface area contributed by atoms with Crippen molar-refractivity contribution >= 4 is 78.8 Å². The van der Waals surface area contributed by atoms with Crippen molar-refractivity contribution in [1.29, 1.82) is 0 Å². The van der Waals surface area contributed by atoms with Gasteiger partial charge in [-0.05, 0) is 77.9 Å². The van der Waals surface area contributed by atoms with E-state index in [2.05, 4.69) is 47.8 Å². The van der Waals surface area contributed by atoms with E-state index < -0.39 is 28.8 Å². The summed E-state index contributed by atoms with van der Waals surface area (Å²) in [6.45, 7) is 0. The molecule has 0 spiro atoms. The van der Waals surface area contributed by atoms with Gasteiger partial charge in [0.2, 0.25) is 5.91 Å². The van der Waals surface area contributed by atoms with Crippen LogP contribution in [0.1, 0.15) is 26.7 Å². The zero-order valence-electron chi connectivity index (χ0n) is 24.0. The molecule has 5 aromatic rings. The molecule has 3 amide bonds. The summed E-state index contributed by atoms with van der Waals surface area (Å²) in [6, 6.07) is 36.6. The molecule has 0 fully saturated rings. The van der Waals surface area contributed by atoms with Crippen LogP contribution in [0.15, 0.2) is 147 Å². The minimum absolute atomic E-state index is 0.0445. The number of rotatable bonds is 10. The SMILES string of the molecule is O=C(Nc1cccc(SC(C(=O)Nc2ccc(Br)cc2F)c2ccccc2)c1)/C(=C\c1cccc(Br)c1)NC(=O)c1ccccc1. The lowest BCUT2D eigenvalue weighted by Crippen LogP contribution is -2.30. The third-order valence-electron chi connectivity index (χ3n) is 6.56. The Balaban J connectivity index is 1.38. The molecule has 0 aliphatic heterocycles. The van der Waals surface area contributed by atoms with Crippen LogP contribution >= 0.6 is 43.6 Å². The van der Waals surface area contributed by atoms with Crippen molar-refractivity contribution < 1.29 is 18.8 Å². The zero-order chi connectivity index (χ0) is 32.5. The summed E-state index contributed by atoms with van der Waals surface area (Å²) < 4.78 is 15.9. The fourth-order valence-corrected chi connectivity index (χ4v) is 6.21. The molecule has 3 N–H and O–H groups in total. The summed E-state index contributed by atoms with van der Waals surface area (Å²) in [4.78, 5) is 40.8. The van der Waals surface area contributed by atoms with E-state index in [0.717, 1.165) is 10.0 Å². The number of amides is 3. The highest BCUT2D eigenvalue weighted by molar-refractivity contribution is 9.10. The average molecular weight is 759 g/mol. The van der Waals surface area contributed by atoms with Crippen molar-refractivity contribution in [2.75, 3.05) is 10.6 Å². The van der Waals surface area contributed by atoms with E-state index in [4.69, 9.17) is 0 Å². The molecule has 0 aliphatic carbocycles. The molecule has 0 heterocycles. The Hall–Kier alpha value is -4.51. The average Bonchev–Trinajstić information content (AvgIpc) is 3.05. The van der Waals surface area contributed by atoms with Gasteiger partial charge in [0.1, 0.15) is 16.8 Å². The molecule has 0 radical (unpaired) electrons. The number of halogens is 3. The highest BCUT2D eigenvalue weighted by atomic mass is 79.9. The summed E-state index contributed by atoms with van der Waals surface area (Å²) >= 11 is 7.93. The van der Waals surface area contributed by atoms with Gasteiger partial charge < -0.3 is 16.0 Å². The van der Waals surface area contributed by atoms with Crippen LogP contribution in [0.4, 0.5) is 15.8 Å². The van der Waals surface area contributed by atoms with Crippen molar-refractivity contribution in [3.05, 3.63) is 165 Å². The lowest BCUT2D eigenvalue weighted by atomic mass is 10.1. The molecule has 5 aromatic carbocycles. The Morgan fingerprint density at radius 3 is 2.13 bits per heavy atom. The van der Waals surface area contributed by atoms with Crippen LogP contribution in [-0.4, -0.2) is 17.7 Å². The molecule has 1 atom stereocenters. The number of anilines is 2. The normalized spacial score (nSPS) is 11.8. The van der Waals surface area contributed by atoms with Crippen LogP contribution in [0.5, 0.6) is 0 Å². The molecule has 0 aromatic heterocycles. The van der Waals surface area contributed by atoms with E-state index in [1.807, 2.05) is 60.7 Å². The number of carbonyl (C=O) groups is 3. The predicted octanol–water partition coefficient (Wildman–Crippen LogP) is 9.23. The van der Waals surface area contributed by atoms with Gasteiger partial charge in [0.25, 0.3) is 11.8 Å². The maximum absolute atomic E-state index is 14.6. The fraction of sp³-hybridized carbons (Fsp3) is 0.0278. The van der Waals surface area contributed by atoms with Crippen molar-refractivity contribution in [3.63, 3.8) is 0 Å². The molecular weight excluding hydrogens is 733 g/mol. The quantitative estimate of drug-likeness (QED) is 0.0980. The number of hydrogen-bond donors (Lipinski definition) is 3. The van der Waals surface area contributed by atoms with Crippen LogP contribution < -0.4 is 16.0 Å². The molecule has 1 unspecified atom stereocenters. The molecule has 10 heteroatoms. The van der Waals surface area contributed by atoms with E-state index >= 15 is 0 Å².